The van der Waals surface area contributed by atoms with E-state index in [-0.39, 0.29) is 11.9 Å². The van der Waals surface area contributed by atoms with Crippen molar-refractivity contribution in [2.45, 2.75) is 31.4 Å². The van der Waals surface area contributed by atoms with E-state index in [0.29, 0.717) is 0 Å². The minimum atomic E-state index is -0.526. The quantitative estimate of drug-likeness (QED) is 0.828. The summed E-state index contributed by atoms with van der Waals surface area (Å²) in [4.78, 5) is 12.2. The van der Waals surface area contributed by atoms with Crippen LogP contribution in [0, 0.1) is 0 Å². The summed E-state index contributed by atoms with van der Waals surface area (Å²) in [7, 11) is 1.56. The van der Waals surface area contributed by atoms with E-state index in [4.69, 9.17) is 4.74 Å². The van der Waals surface area contributed by atoms with Gasteiger partial charge in [0.25, 0.3) is 5.91 Å². The summed E-state index contributed by atoms with van der Waals surface area (Å²) in [5, 5.41) is 3.02. The molecule has 0 fully saturated rings. The largest absolute Gasteiger partial charge is 0.367 e. The van der Waals surface area contributed by atoms with Gasteiger partial charge >= 0.3 is 0 Å². The van der Waals surface area contributed by atoms with Crippen LogP contribution in [0.4, 0.5) is 0 Å². The predicted octanol–water partition coefficient (Wildman–Crippen LogP) is 2.60. The molecule has 0 radical (unpaired) electrons. The third kappa shape index (κ3) is 3.20. The topological polar surface area (TPSA) is 38.3 Å². The van der Waals surface area contributed by atoms with Crippen molar-refractivity contribution in [3.05, 3.63) is 48.0 Å². The molecule has 0 aromatic heterocycles. The number of hydrogen-bond acceptors (Lipinski definition) is 2. The van der Waals surface area contributed by atoms with Crippen LogP contribution in [0.2, 0.25) is 0 Å². The SMILES string of the molecule is CO[C@H](C(=O)N[C@H]1C=CCCC1)c1ccccc1. The highest BCUT2D eigenvalue weighted by Crippen LogP contribution is 2.18. The van der Waals surface area contributed by atoms with E-state index in [2.05, 4.69) is 17.5 Å². The van der Waals surface area contributed by atoms with Crippen LogP contribution in [-0.2, 0) is 9.53 Å². The molecule has 1 N–H and O–H groups in total. The standard InChI is InChI=1S/C15H19NO2/c1-18-14(12-8-4-2-5-9-12)15(17)16-13-10-6-3-7-11-13/h2,4-6,8-10,13-14H,3,7,11H2,1H3,(H,16,17)/t13-,14-/m0/s1. The van der Waals surface area contributed by atoms with E-state index in [9.17, 15) is 4.79 Å². The monoisotopic (exact) mass is 245 g/mol. The van der Waals surface area contributed by atoms with Gasteiger partial charge in [0.1, 0.15) is 0 Å². The number of benzene rings is 1. The van der Waals surface area contributed by atoms with Gasteiger partial charge in [-0.2, -0.15) is 0 Å². The molecule has 0 unspecified atom stereocenters. The van der Waals surface area contributed by atoms with Gasteiger partial charge in [-0.1, -0.05) is 42.5 Å². The van der Waals surface area contributed by atoms with Crippen molar-refractivity contribution in [2.75, 3.05) is 7.11 Å². The molecule has 0 bridgehead atoms. The number of rotatable bonds is 4. The first-order valence-electron chi connectivity index (χ1n) is 6.36. The second-order valence-corrected chi connectivity index (χ2v) is 4.50. The molecule has 3 heteroatoms. The van der Waals surface area contributed by atoms with Gasteiger partial charge in [0.05, 0.1) is 0 Å². The Kier molecular flexibility index (Phi) is 4.53. The van der Waals surface area contributed by atoms with Gasteiger partial charge in [0.2, 0.25) is 0 Å². The van der Waals surface area contributed by atoms with Crippen LogP contribution in [0.3, 0.4) is 0 Å². The first-order valence-corrected chi connectivity index (χ1v) is 6.36. The summed E-state index contributed by atoms with van der Waals surface area (Å²) < 4.78 is 5.30. The van der Waals surface area contributed by atoms with Gasteiger partial charge in [-0.05, 0) is 24.8 Å². The fraction of sp³-hybridized carbons (Fsp3) is 0.400. The fourth-order valence-electron chi connectivity index (χ4n) is 2.21. The zero-order chi connectivity index (χ0) is 12.8. The molecule has 1 aromatic rings. The molecule has 1 aliphatic carbocycles. The Bertz CT molecular complexity index is 414. The van der Waals surface area contributed by atoms with E-state index in [0.717, 1.165) is 24.8 Å². The number of nitrogens with one attached hydrogen (secondary N) is 1. The molecule has 96 valence electrons. The van der Waals surface area contributed by atoms with E-state index in [1.54, 1.807) is 7.11 Å². The Hall–Kier alpha value is -1.61. The minimum Gasteiger partial charge on any atom is -0.367 e. The lowest BCUT2D eigenvalue weighted by Crippen LogP contribution is -2.38. The van der Waals surface area contributed by atoms with Crippen molar-refractivity contribution < 1.29 is 9.53 Å². The number of amides is 1. The third-order valence-corrected chi connectivity index (χ3v) is 3.16. The van der Waals surface area contributed by atoms with Gasteiger partial charge in [-0.15, -0.1) is 0 Å². The van der Waals surface area contributed by atoms with Gasteiger partial charge in [-0.25, -0.2) is 0 Å². The van der Waals surface area contributed by atoms with Crippen LogP contribution >= 0.6 is 0 Å². The van der Waals surface area contributed by atoms with Crippen molar-refractivity contribution in [3.8, 4) is 0 Å². The van der Waals surface area contributed by atoms with Gasteiger partial charge < -0.3 is 10.1 Å². The zero-order valence-corrected chi connectivity index (χ0v) is 10.6. The molecule has 0 saturated carbocycles. The van der Waals surface area contributed by atoms with E-state index >= 15 is 0 Å². The average molecular weight is 245 g/mol. The van der Waals surface area contributed by atoms with Gasteiger partial charge in [0, 0.05) is 13.2 Å². The first-order chi connectivity index (χ1) is 8.81. The van der Waals surface area contributed by atoms with Crippen molar-refractivity contribution in [1.82, 2.24) is 5.32 Å². The van der Waals surface area contributed by atoms with Crippen LogP contribution in [0.15, 0.2) is 42.5 Å². The molecule has 1 amide bonds. The molecular weight excluding hydrogens is 226 g/mol. The van der Waals surface area contributed by atoms with Crippen LogP contribution in [0.25, 0.3) is 0 Å². The number of carbonyl (C=O) groups excluding carboxylic acids is 1. The van der Waals surface area contributed by atoms with Crippen LogP contribution in [0.1, 0.15) is 30.9 Å². The second kappa shape index (κ2) is 6.36. The first kappa shape index (κ1) is 12.8. The molecule has 1 aliphatic rings. The van der Waals surface area contributed by atoms with E-state index in [1.807, 2.05) is 30.3 Å². The summed E-state index contributed by atoms with van der Waals surface area (Å²) in [5.74, 6) is -0.0692. The lowest BCUT2D eigenvalue weighted by molar-refractivity contribution is -0.131. The predicted molar refractivity (Wildman–Crippen MR) is 71.1 cm³/mol. The molecule has 0 saturated heterocycles. The Labute approximate surface area is 108 Å². The lowest BCUT2D eigenvalue weighted by atomic mass is 10.0. The molecule has 0 spiro atoms. The normalized spacial score (nSPS) is 20.4. The number of carbonyl (C=O) groups is 1. The van der Waals surface area contributed by atoms with Gasteiger partial charge in [-0.3, -0.25) is 4.79 Å². The summed E-state index contributed by atoms with van der Waals surface area (Å²) in [6, 6.07) is 9.71. The van der Waals surface area contributed by atoms with Crippen molar-refractivity contribution >= 4 is 5.91 Å². The Morgan fingerprint density at radius 3 is 2.78 bits per heavy atom. The molecule has 2 atom stereocenters. The Balaban J connectivity index is 2.02. The third-order valence-electron chi connectivity index (χ3n) is 3.16. The van der Waals surface area contributed by atoms with E-state index < -0.39 is 6.10 Å². The average Bonchev–Trinajstić information content (AvgIpc) is 2.42. The Morgan fingerprint density at radius 1 is 1.39 bits per heavy atom. The summed E-state index contributed by atoms with van der Waals surface area (Å²) >= 11 is 0. The second-order valence-electron chi connectivity index (χ2n) is 4.50. The van der Waals surface area contributed by atoms with Crippen LogP contribution in [0.5, 0.6) is 0 Å². The summed E-state index contributed by atoms with van der Waals surface area (Å²) in [6.45, 7) is 0. The maximum Gasteiger partial charge on any atom is 0.254 e. The summed E-state index contributed by atoms with van der Waals surface area (Å²) in [6.07, 6.45) is 6.91. The molecule has 0 aliphatic heterocycles. The van der Waals surface area contributed by atoms with Crippen LogP contribution in [-0.4, -0.2) is 19.1 Å². The summed E-state index contributed by atoms with van der Waals surface area (Å²) in [5.41, 5.74) is 0.886. The lowest BCUT2D eigenvalue weighted by Gasteiger charge is -2.21. The fourth-order valence-corrected chi connectivity index (χ4v) is 2.21. The molecule has 1 aromatic carbocycles. The van der Waals surface area contributed by atoms with Crippen LogP contribution < -0.4 is 5.32 Å². The smallest absolute Gasteiger partial charge is 0.254 e. The number of hydrogen-bond donors (Lipinski definition) is 1. The van der Waals surface area contributed by atoms with E-state index in [1.165, 1.54) is 0 Å². The Morgan fingerprint density at radius 2 is 2.17 bits per heavy atom. The molecule has 18 heavy (non-hydrogen) atoms. The highest BCUT2D eigenvalue weighted by molar-refractivity contribution is 5.82. The zero-order valence-electron chi connectivity index (χ0n) is 10.6. The number of allylic oxidation sites excluding steroid dienone is 1. The number of ether oxygens (including phenoxy) is 1. The maximum atomic E-state index is 12.2. The molecular formula is C15H19NO2. The molecule has 2 rings (SSSR count). The van der Waals surface area contributed by atoms with Crippen molar-refractivity contribution in [1.29, 1.82) is 0 Å². The van der Waals surface area contributed by atoms with Crippen molar-refractivity contribution in [2.24, 2.45) is 0 Å². The number of methoxy groups -OCH3 is 1. The molecule has 0 heterocycles. The van der Waals surface area contributed by atoms with Gasteiger partial charge in [0.15, 0.2) is 6.10 Å². The van der Waals surface area contributed by atoms with Crippen molar-refractivity contribution in [3.63, 3.8) is 0 Å². The molecule has 3 nitrogen and oxygen atoms in total. The minimum absolute atomic E-state index is 0.0692. The maximum absolute atomic E-state index is 12.2. The highest BCUT2D eigenvalue weighted by Gasteiger charge is 2.22. The highest BCUT2D eigenvalue weighted by atomic mass is 16.5.